The fourth-order valence-corrected chi connectivity index (χ4v) is 4.37. The van der Waals surface area contributed by atoms with Gasteiger partial charge in [0.2, 0.25) is 5.89 Å². The van der Waals surface area contributed by atoms with Crippen LogP contribution in [0.25, 0.3) is 39.3 Å². The third-order valence-electron chi connectivity index (χ3n) is 6.07. The lowest BCUT2D eigenvalue weighted by Crippen LogP contribution is -2.06. The molecule has 0 saturated carbocycles. The van der Waals surface area contributed by atoms with Crippen LogP contribution in [0.5, 0.6) is 0 Å². The molecule has 0 atom stereocenters. The molecule has 176 valence electrons. The molecule has 8 heteroatoms. The van der Waals surface area contributed by atoms with Crippen LogP contribution in [0.4, 0.5) is 0 Å². The van der Waals surface area contributed by atoms with E-state index in [1.807, 2.05) is 60.0 Å². The van der Waals surface area contributed by atoms with Crippen molar-refractivity contribution in [2.45, 2.75) is 33.1 Å². The van der Waals surface area contributed by atoms with Crippen LogP contribution in [-0.4, -0.2) is 30.8 Å². The van der Waals surface area contributed by atoms with Gasteiger partial charge in [-0.2, -0.15) is 0 Å². The Hall–Kier alpha value is -4.46. The summed E-state index contributed by atoms with van der Waals surface area (Å²) in [5.74, 6) is -0.729. The summed E-state index contributed by atoms with van der Waals surface area (Å²) < 4.78 is 7.23. The first-order valence-corrected chi connectivity index (χ1v) is 11.5. The highest BCUT2D eigenvalue weighted by atomic mass is 16.4. The van der Waals surface area contributed by atoms with Crippen molar-refractivity contribution in [3.05, 3.63) is 88.2 Å². The number of hydrogen-bond acceptors (Lipinski definition) is 5. The Labute approximate surface area is 200 Å². The Kier molecular flexibility index (Phi) is 5.78. The number of aryl methyl sites for hydroxylation is 2. The van der Waals surface area contributed by atoms with E-state index in [1.54, 1.807) is 12.1 Å². The quantitative estimate of drug-likeness (QED) is 0.331. The maximum absolute atomic E-state index is 12.2. The number of aromatic amines is 1. The number of benzene rings is 3. The van der Waals surface area contributed by atoms with Crippen LogP contribution in [0.2, 0.25) is 0 Å². The molecule has 0 radical (unpaired) electrons. The monoisotopic (exact) mass is 468 g/mol. The molecule has 0 spiro atoms. The van der Waals surface area contributed by atoms with Crippen LogP contribution in [0.1, 0.15) is 41.5 Å². The number of fused-ring (bicyclic) bond motifs is 1. The molecule has 2 N–H and O–H groups in total. The molecular weight excluding hydrogens is 444 g/mol. The van der Waals surface area contributed by atoms with Gasteiger partial charge in [0.05, 0.1) is 16.6 Å². The number of carboxylic acid groups (broad SMARTS) is 1. The molecule has 0 aliphatic heterocycles. The molecule has 0 amide bonds. The van der Waals surface area contributed by atoms with Crippen LogP contribution in [-0.2, 0) is 6.42 Å². The van der Waals surface area contributed by atoms with E-state index in [-0.39, 0.29) is 11.5 Å². The van der Waals surface area contributed by atoms with Crippen LogP contribution in [0, 0.1) is 6.92 Å². The highest BCUT2D eigenvalue weighted by molar-refractivity contribution is 6.03. The number of H-pyrrole nitrogens is 1. The molecule has 0 aliphatic rings. The van der Waals surface area contributed by atoms with Crippen molar-refractivity contribution in [1.82, 2.24) is 19.7 Å². The van der Waals surface area contributed by atoms with E-state index in [4.69, 9.17) is 9.40 Å². The molecule has 2 heterocycles. The van der Waals surface area contributed by atoms with Crippen LogP contribution in [0.15, 0.2) is 69.9 Å². The number of unbranched alkanes of at least 4 members (excludes halogenated alkanes) is 1. The Morgan fingerprint density at radius 2 is 1.89 bits per heavy atom. The van der Waals surface area contributed by atoms with Gasteiger partial charge in [-0.05, 0) is 48.2 Å². The lowest BCUT2D eigenvalue weighted by molar-refractivity contribution is 0.0698. The van der Waals surface area contributed by atoms with Gasteiger partial charge < -0.3 is 9.52 Å². The molecule has 8 nitrogen and oxygen atoms in total. The van der Waals surface area contributed by atoms with Crippen LogP contribution >= 0.6 is 0 Å². The molecule has 0 saturated heterocycles. The highest BCUT2D eigenvalue weighted by Gasteiger charge is 2.22. The zero-order chi connectivity index (χ0) is 24.5. The number of rotatable bonds is 7. The van der Waals surface area contributed by atoms with E-state index in [2.05, 4.69) is 17.1 Å². The fourth-order valence-electron chi connectivity index (χ4n) is 4.37. The minimum Gasteiger partial charge on any atom is -0.478 e. The molecule has 35 heavy (non-hydrogen) atoms. The summed E-state index contributed by atoms with van der Waals surface area (Å²) in [4.78, 5) is 28.8. The molecule has 0 fully saturated rings. The smallest absolute Gasteiger partial charge is 0.434 e. The Morgan fingerprint density at radius 3 is 2.57 bits per heavy atom. The standard InChI is InChI=1S/C27H24N4O4/c1-3-4-10-22-28-23-16(2)11-13-20(26(32)33)24(23)31(22)18-12-14-19(17-8-6-5-7-9-17)21(15-18)25-29-30-27(34)35-25/h5-9,11-15H,3-4,10H2,1-2H3,(H,30,34)(H,32,33). The van der Waals surface area contributed by atoms with Gasteiger partial charge in [0.25, 0.3) is 0 Å². The van der Waals surface area contributed by atoms with Crippen molar-refractivity contribution >= 4 is 17.0 Å². The molecule has 0 unspecified atom stereocenters. The summed E-state index contributed by atoms with van der Waals surface area (Å²) in [6.07, 6.45) is 2.58. The fraction of sp³-hybridized carbons (Fsp3) is 0.185. The van der Waals surface area contributed by atoms with Crippen molar-refractivity contribution in [3.63, 3.8) is 0 Å². The van der Waals surface area contributed by atoms with Gasteiger partial charge in [-0.3, -0.25) is 4.57 Å². The number of hydrogen-bond donors (Lipinski definition) is 2. The topological polar surface area (TPSA) is 114 Å². The number of carboxylic acids is 1. The van der Waals surface area contributed by atoms with E-state index in [9.17, 15) is 14.7 Å². The maximum atomic E-state index is 12.2. The zero-order valence-corrected chi connectivity index (χ0v) is 19.4. The number of nitrogens with zero attached hydrogens (tertiary/aromatic N) is 3. The van der Waals surface area contributed by atoms with Gasteiger partial charge in [0, 0.05) is 17.7 Å². The molecule has 5 rings (SSSR count). The molecule has 2 aromatic heterocycles. The Balaban J connectivity index is 1.82. The number of nitrogens with one attached hydrogen (secondary N) is 1. The van der Waals surface area contributed by atoms with E-state index < -0.39 is 11.7 Å². The van der Waals surface area contributed by atoms with E-state index in [1.165, 1.54) is 0 Å². The zero-order valence-electron chi connectivity index (χ0n) is 19.4. The summed E-state index contributed by atoms with van der Waals surface area (Å²) in [6, 6.07) is 18.9. The lowest BCUT2D eigenvalue weighted by atomic mass is 9.98. The first kappa shape index (κ1) is 22.3. The Bertz CT molecular complexity index is 1600. The second kappa shape index (κ2) is 9.06. The van der Waals surface area contributed by atoms with Crippen LogP contribution < -0.4 is 5.76 Å². The average molecular weight is 469 g/mol. The largest absolute Gasteiger partial charge is 0.478 e. The number of aromatic carboxylic acids is 1. The second-order valence-electron chi connectivity index (χ2n) is 8.41. The number of carbonyl (C=O) groups is 1. The normalized spacial score (nSPS) is 11.3. The van der Waals surface area contributed by atoms with Gasteiger partial charge in [-0.25, -0.2) is 19.7 Å². The third kappa shape index (κ3) is 4.03. The summed E-state index contributed by atoms with van der Waals surface area (Å²) in [7, 11) is 0. The average Bonchev–Trinajstić information content (AvgIpc) is 3.47. The molecule has 0 aliphatic carbocycles. The van der Waals surface area contributed by atoms with E-state index in [0.717, 1.165) is 35.4 Å². The van der Waals surface area contributed by atoms with Gasteiger partial charge in [-0.1, -0.05) is 55.8 Å². The number of imidazole rings is 1. The second-order valence-corrected chi connectivity index (χ2v) is 8.41. The molecule has 0 bridgehead atoms. The van der Waals surface area contributed by atoms with Crippen molar-refractivity contribution in [2.24, 2.45) is 0 Å². The lowest BCUT2D eigenvalue weighted by Gasteiger charge is -2.14. The van der Waals surface area contributed by atoms with Crippen molar-refractivity contribution in [1.29, 1.82) is 0 Å². The van der Waals surface area contributed by atoms with Gasteiger partial charge in [0.1, 0.15) is 5.82 Å². The molecular formula is C27H24N4O4. The first-order valence-electron chi connectivity index (χ1n) is 11.5. The van der Waals surface area contributed by atoms with Gasteiger partial charge >= 0.3 is 11.7 Å². The van der Waals surface area contributed by atoms with Gasteiger partial charge in [-0.15, -0.1) is 5.10 Å². The molecule has 3 aromatic carbocycles. The van der Waals surface area contributed by atoms with E-state index >= 15 is 0 Å². The SMILES string of the molecule is CCCCc1nc2c(C)ccc(C(=O)O)c2n1-c1ccc(-c2ccccc2)c(-c2n[nH]c(=O)o2)c1. The first-order chi connectivity index (χ1) is 17.0. The van der Waals surface area contributed by atoms with Crippen molar-refractivity contribution in [3.8, 4) is 28.3 Å². The maximum Gasteiger partial charge on any atom is 0.434 e. The predicted octanol–water partition coefficient (Wildman–Crippen LogP) is 5.39. The summed E-state index contributed by atoms with van der Waals surface area (Å²) in [5, 5.41) is 16.4. The van der Waals surface area contributed by atoms with E-state index in [0.29, 0.717) is 28.7 Å². The molecule has 5 aromatic rings. The minimum atomic E-state index is -1.02. The summed E-state index contributed by atoms with van der Waals surface area (Å²) >= 11 is 0. The third-order valence-corrected chi connectivity index (χ3v) is 6.07. The predicted molar refractivity (Wildman–Crippen MR) is 133 cm³/mol. The van der Waals surface area contributed by atoms with Gasteiger partial charge in [0.15, 0.2) is 0 Å². The minimum absolute atomic E-state index is 0.157. The van der Waals surface area contributed by atoms with Crippen LogP contribution in [0.3, 0.4) is 0 Å². The van der Waals surface area contributed by atoms with Crippen molar-refractivity contribution < 1.29 is 14.3 Å². The summed E-state index contributed by atoms with van der Waals surface area (Å²) in [6.45, 7) is 4.03. The highest BCUT2D eigenvalue weighted by Crippen LogP contribution is 2.35. The van der Waals surface area contributed by atoms with Crippen molar-refractivity contribution in [2.75, 3.05) is 0 Å². The number of aromatic nitrogens is 4. The Morgan fingerprint density at radius 1 is 1.09 bits per heavy atom. The summed E-state index contributed by atoms with van der Waals surface area (Å²) in [5.41, 5.74) is 5.39.